The second kappa shape index (κ2) is 6.65. The van der Waals surface area contributed by atoms with Crippen molar-refractivity contribution in [3.8, 4) is 0 Å². The molecule has 2 N–H and O–H groups in total. The summed E-state index contributed by atoms with van der Waals surface area (Å²) in [6.07, 6.45) is 1.17. The Morgan fingerprint density at radius 3 is 2.21 bits per heavy atom. The predicted molar refractivity (Wildman–Crippen MR) is 95.7 cm³/mol. The predicted octanol–water partition coefficient (Wildman–Crippen LogP) is 2.81. The third-order valence-electron chi connectivity index (χ3n) is 4.22. The van der Waals surface area contributed by atoms with Gasteiger partial charge in [0.15, 0.2) is 9.84 Å². The van der Waals surface area contributed by atoms with Crippen molar-refractivity contribution in [3.05, 3.63) is 59.2 Å². The summed E-state index contributed by atoms with van der Waals surface area (Å²) in [7, 11) is -1.51. The van der Waals surface area contributed by atoms with Crippen LogP contribution >= 0.6 is 0 Å². The number of sulfone groups is 1. The van der Waals surface area contributed by atoms with Crippen molar-refractivity contribution in [1.82, 2.24) is 4.90 Å². The lowest BCUT2D eigenvalue weighted by Gasteiger charge is -2.26. The van der Waals surface area contributed by atoms with Gasteiger partial charge in [-0.15, -0.1) is 0 Å². The van der Waals surface area contributed by atoms with Gasteiger partial charge < -0.3 is 10.6 Å². The minimum Gasteiger partial charge on any atom is -0.398 e. The fourth-order valence-corrected chi connectivity index (χ4v) is 3.00. The van der Waals surface area contributed by atoms with E-state index in [9.17, 15) is 13.2 Å². The van der Waals surface area contributed by atoms with Crippen molar-refractivity contribution >= 4 is 21.4 Å². The Morgan fingerprint density at radius 1 is 1.12 bits per heavy atom. The van der Waals surface area contributed by atoms with Crippen LogP contribution in [-0.4, -0.2) is 32.5 Å². The summed E-state index contributed by atoms with van der Waals surface area (Å²) in [5.74, 6) is -0.138. The van der Waals surface area contributed by atoms with Crippen molar-refractivity contribution in [2.45, 2.75) is 24.8 Å². The van der Waals surface area contributed by atoms with Crippen LogP contribution in [0.25, 0.3) is 0 Å². The smallest absolute Gasteiger partial charge is 0.254 e. The van der Waals surface area contributed by atoms with E-state index in [4.69, 9.17) is 5.73 Å². The maximum absolute atomic E-state index is 12.6. The van der Waals surface area contributed by atoms with Gasteiger partial charge in [0.25, 0.3) is 5.91 Å². The molecular weight excluding hydrogens is 324 g/mol. The summed E-state index contributed by atoms with van der Waals surface area (Å²) in [6.45, 7) is 3.78. The number of nitrogen functional groups attached to an aromatic ring is 1. The number of nitrogens with two attached hydrogens (primary N) is 1. The van der Waals surface area contributed by atoms with Crippen LogP contribution in [0.5, 0.6) is 0 Å². The molecule has 2 aromatic carbocycles. The van der Waals surface area contributed by atoms with E-state index < -0.39 is 9.84 Å². The van der Waals surface area contributed by atoms with Gasteiger partial charge in [0.05, 0.1) is 10.9 Å². The van der Waals surface area contributed by atoms with Crippen LogP contribution in [0.4, 0.5) is 5.69 Å². The lowest BCUT2D eigenvalue weighted by atomic mass is 10.1. The van der Waals surface area contributed by atoms with Crippen LogP contribution in [0.1, 0.15) is 34.5 Å². The van der Waals surface area contributed by atoms with Crippen molar-refractivity contribution in [2.75, 3.05) is 19.0 Å². The number of carbonyl (C=O) groups excluding carboxylic acids is 1. The zero-order chi connectivity index (χ0) is 18.1. The standard InChI is InChI=1S/C18H22N2O3S/c1-12-5-6-15(11-17(12)19)18(21)20(3)13(2)14-7-9-16(10-8-14)24(4,22)23/h5-11,13H,19H2,1-4H3/t13-/m0/s1. The number of benzene rings is 2. The average molecular weight is 346 g/mol. The first-order chi connectivity index (χ1) is 11.1. The third-order valence-corrected chi connectivity index (χ3v) is 5.35. The molecule has 0 heterocycles. The molecule has 1 atom stereocenters. The first-order valence-corrected chi connectivity index (χ1v) is 9.43. The molecule has 2 rings (SSSR count). The Labute approximate surface area is 143 Å². The summed E-state index contributed by atoms with van der Waals surface area (Å²) in [4.78, 5) is 14.5. The van der Waals surface area contributed by atoms with Crippen LogP contribution in [0.15, 0.2) is 47.4 Å². The van der Waals surface area contributed by atoms with Crippen LogP contribution < -0.4 is 5.73 Å². The summed E-state index contributed by atoms with van der Waals surface area (Å²) in [6, 6.07) is 11.6. The summed E-state index contributed by atoms with van der Waals surface area (Å²) >= 11 is 0. The molecule has 0 radical (unpaired) electrons. The van der Waals surface area contributed by atoms with Crippen molar-refractivity contribution in [1.29, 1.82) is 0 Å². The average Bonchev–Trinajstić information content (AvgIpc) is 2.54. The van der Waals surface area contributed by atoms with Gasteiger partial charge in [0.1, 0.15) is 0 Å². The number of rotatable bonds is 4. The Morgan fingerprint density at radius 2 is 1.71 bits per heavy atom. The number of hydrogen-bond acceptors (Lipinski definition) is 4. The fraction of sp³-hybridized carbons (Fsp3) is 0.278. The highest BCUT2D eigenvalue weighted by atomic mass is 32.2. The molecule has 0 fully saturated rings. The van der Waals surface area contributed by atoms with Gasteiger partial charge in [0, 0.05) is 24.6 Å². The number of anilines is 1. The van der Waals surface area contributed by atoms with Crippen LogP contribution in [0, 0.1) is 6.92 Å². The first-order valence-electron chi connectivity index (χ1n) is 7.54. The quantitative estimate of drug-likeness (QED) is 0.863. The molecule has 0 spiro atoms. The Bertz CT molecular complexity index is 858. The van der Waals surface area contributed by atoms with Crippen molar-refractivity contribution in [3.63, 3.8) is 0 Å². The van der Waals surface area contributed by atoms with Gasteiger partial charge in [-0.25, -0.2) is 8.42 Å². The van der Waals surface area contributed by atoms with Crippen LogP contribution in [0.3, 0.4) is 0 Å². The third kappa shape index (κ3) is 3.76. The molecule has 0 aliphatic carbocycles. The van der Waals surface area contributed by atoms with E-state index >= 15 is 0 Å². The van der Waals surface area contributed by atoms with Crippen LogP contribution in [-0.2, 0) is 9.84 Å². The van der Waals surface area contributed by atoms with Gasteiger partial charge >= 0.3 is 0 Å². The molecule has 0 aromatic heterocycles. The lowest BCUT2D eigenvalue weighted by molar-refractivity contribution is 0.0742. The molecule has 0 saturated heterocycles. The van der Waals surface area contributed by atoms with Crippen molar-refractivity contribution in [2.24, 2.45) is 0 Å². The van der Waals surface area contributed by atoms with Gasteiger partial charge in [-0.3, -0.25) is 4.79 Å². The number of amides is 1. The maximum Gasteiger partial charge on any atom is 0.254 e. The molecule has 0 unspecified atom stereocenters. The van der Waals surface area contributed by atoms with E-state index in [1.165, 1.54) is 6.26 Å². The van der Waals surface area contributed by atoms with Gasteiger partial charge in [-0.2, -0.15) is 0 Å². The number of aryl methyl sites for hydroxylation is 1. The highest BCUT2D eigenvalue weighted by molar-refractivity contribution is 7.90. The molecule has 5 nitrogen and oxygen atoms in total. The molecule has 6 heteroatoms. The zero-order valence-electron chi connectivity index (χ0n) is 14.3. The Hall–Kier alpha value is -2.34. The maximum atomic E-state index is 12.6. The molecule has 1 amide bonds. The Balaban J connectivity index is 2.23. The largest absolute Gasteiger partial charge is 0.398 e. The minimum atomic E-state index is -3.23. The summed E-state index contributed by atoms with van der Waals surface area (Å²) < 4.78 is 23.0. The van der Waals surface area contributed by atoms with E-state index in [1.54, 1.807) is 48.3 Å². The molecular formula is C18H22N2O3S. The Kier molecular flexibility index (Phi) is 4.99. The lowest BCUT2D eigenvalue weighted by Crippen LogP contribution is -2.29. The van der Waals surface area contributed by atoms with E-state index in [0.717, 1.165) is 11.1 Å². The number of carbonyl (C=O) groups is 1. The number of nitrogens with zero attached hydrogens (tertiary/aromatic N) is 1. The monoisotopic (exact) mass is 346 g/mol. The second-order valence-electron chi connectivity index (χ2n) is 6.00. The highest BCUT2D eigenvalue weighted by Crippen LogP contribution is 2.23. The normalized spacial score (nSPS) is 12.7. The van der Waals surface area contributed by atoms with E-state index in [2.05, 4.69) is 0 Å². The highest BCUT2D eigenvalue weighted by Gasteiger charge is 2.20. The minimum absolute atomic E-state index is 0.138. The van der Waals surface area contributed by atoms with Gasteiger partial charge in [-0.1, -0.05) is 18.2 Å². The number of hydrogen-bond donors (Lipinski definition) is 1. The SMILES string of the molecule is Cc1ccc(C(=O)N(C)[C@@H](C)c2ccc(S(C)(=O)=O)cc2)cc1N. The van der Waals surface area contributed by atoms with E-state index in [0.29, 0.717) is 11.3 Å². The summed E-state index contributed by atoms with van der Waals surface area (Å²) in [5.41, 5.74) is 8.78. The summed E-state index contributed by atoms with van der Waals surface area (Å²) in [5, 5.41) is 0. The van der Waals surface area contributed by atoms with Gasteiger partial charge in [-0.05, 0) is 49.2 Å². The molecule has 0 aliphatic heterocycles. The fourth-order valence-electron chi connectivity index (χ4n) is 2.37. The molecule has 0 bridgehead atoms. The van der Waals surface area contributed by atoms with Crippen molar-refractivity contribution < 1.29 is 13.2 Å². The van der Waals surface area contributed by atoms with E-state index in [1.807, 2.05) is 19.9 Å². The topological polar surface area (TPSA) is 80.5 Å². The first kappa shape index (κ1) is 18.0. The molecule has 128 valence electrons. The zero-order valence-corrected chi connectivity index (χ0v) is 15.1. The molecule has 24 heavy (non-hydrogen) atoms. The van der Waals surface area contributed by atoms with E-state index in [-0.39, 0.29) is 16.8 Å². The molecule has 0 saturated carbocycles. The molecule has 2 aromatic rings. The second-order valence-corrected chi connectivity index (χ2v) is 8.02. The van der Waals surface area contributed by atoms with Crippen LogP contribution in [0.2, 0.25) is 0 Å². The van der Waals surface area contributed by atoms with Gasteiger partial charge in [0.2, 0.25) is 0 Å². The molecule has 0 aliphatic rings.